The van der Waals surface area contributed by atoms with Gasteiger partial charge in [-0.1, -0.05) is 60.2 Å². The van der Waals surface area contributed by atoms with Gasteiger partial charge in [0.25, 0.3) is 0 Å². The van der Waals surface area contributed by atoms with E-state index in [1.807, 2.05) is 18.2 Å². The Labute approximate surface area is 174 Å². The molecule has 0 saturated heterocycles. The van der Waals surface area contributed by atoms with Crippen LogP contribution < -0.4 is 0 Å². The largest absolute Gasteiger partial charge is 0.455 e. The van der Waals surface area contributed by atoms with E-state index in [1.165, 1.54) is 5.56 Å². The average Bonchev–Trinajstić information content (AvgIpc) is 3.17. The maximum Gasteiger partial charge on any atom is 0.164 e. The molecule has 3 aromatic carbocycles. The van der Waals surface area contributed by atoms with Crippen LogP contribution in [0.25, 0.3) is 49.8 Å². The first-order valence-corrected chi connectivity index (χ1v) is 10.3. The maximum absolute atomic E-state index is 6.28. The molecule has 6 rings (SSSR count). The van der Waals surface area contributed by atoms with Crippen LogP contribution in [0.2, 0.25) is 0 Å². The van der Waals surface area contributed by atoms with Gasteiger partial charge in [-0.25, -0.2) is 9.97 Å². The topological polar surface area (TPSA) is 38.9 Å². The van der Waals surface area contributed by atoms with Crippen molar-refractivity contribution in [1.29, 1.82) is 0 Å². The molecule has 0 spiro atoms. The van der Waals surface area contributed by atoms with Crippen molar-refractivity contribution in [2.24, 2.45) is 0 Å². The lowest BCUT2D eigenvalue weighted by atomic mass is 10.00. The molecule has 3 nitrogen and oxygen atoms in total. The zero-order chi connectivity index (χ0) is 20.1. The molecular weight excluding hydrogens is 368 g/mol. The fourth-order valence-electron chi connectivity index (χ4n) is 4.29. The molecule has 0 aliphatic heterocycles. The molecule has 2 heterocycles. The van der Waals surface area contributed by atoms with E-state index in [1.54, 1.807) is 0 Å². The van der Waals surface area contributed by atoms with E-state index in [0.29, 0.717) is 5.82 Å². The summed E-state index contributed by atoms with van der Waals surface area (Å²) in [5.41, 5.74) is 6.96. The van der Waals surface area contributed by atoms with Crippen molar-refractivity contribution >= 4 is 38.4 Å². The Kier molecular flexibility index (Phi) is 3.81. The summed E-state index contributed by atoms with van der Waals surface area (Å²) in [6, 6.07) is 20.7. The number of hydrogen-bond donors (Lipinski definition) is 0. The smallest absolute Gasteiger partial charge is 0.164 e. The number of furan rings is 1. The molecule has 0 saturated carbocycles. The van der Waals surface area contributed by atoms with Crippen LogP contribution in [0.5, 0.6) is 0 Å². The van der Waals surface area contributed by atoms with Gasteiger partial charge in [-0.05, 0) is 49.6 Å². The van der Waals surface area contributed by atoms with Crippen LogP contribution in [0, 0.1) is 6.92 Å². The van der Waals surface area contributed by atoms with Gasteiger partial charge >= 0.3 is 0 Å². The fraction of sp³-hybridized carbons (Fsp3) is 0.111. The first-order chi connectivity index (χ1) is 14.8. The van der Waals surface area contributed by atoms with Gasteiger partial charge in [0.2, 0.25) is 0 Å². The van der Waals surface area contributed by atoms with E-state index in [0.717, 1.165) is 62.5 Å². The summed E-state index contributed by atoms with van der Waals surface area (Å²) in [7, 11) is 0. The highest BCUT2D eigenvalue weighted by atomic mass is 16.3. The molecule has 144 valence electrons. The van der Waals surface area contributed by atoms with Crippen molar-refractivity contribution < 1.29 is 4.42 Å². The number of aryl methyl sites for hydroxylation is 1. The Hall–Kier alpha value is -3.72. The minimum atomic E-state index is 0.699. The zero-order valence-electron chi connectivity index (χ0n) is 16.7. The van der Waals surface area contributed by atoms with Crippen LogP contribution in [-0.2, 0) is 0 Å². The monoisotopic (exact) mass is 388 g/mol. The van der Waals surface area contributed by atoms with E-state index < -0.39 is 0 Å². The third kappa shape index (κ3) is 2.66. The molecule has 3 heteroatoms. The van der Waals surface area contributed by atoms with Crippen molar-refractivity contribution in [2.75, 3.05) is 0 Å². The summed E-state index contributed by atoms with van der Waals surface area (Å²) in [6.45, 7) is 2.10. The van der Waals surface area contributed by atoms with Gasteiger partial charge in [0.15, 0.2) is 5.82 Å². The number of fused-ring (bicyclic) bond motifs is 4. The standard InChI is InChI=1S/C27H20N2O/c1-17-14-15-24-22(16-17)19-11-7-12-21(26(19)30-24)27-28-23-13-6-5-10-20(23)25(29-27)18-8-3-2-4-9-18/h3,5-16H,2,4H2,1H3. The number of nitrogens with zero attached hydrogens (tertiary/aromatic N) is 2. The van der Waals surface area contributed by atoms with Gasteiger partial charge in [0.05, 0.1) is 16.8 Å². The minimum Gasteiger partial charge on any atom is -0.455 e. The molecule has 0 unspecified atom stereocenters. The van der Waals surface area contributed by atoms with E-state index >= 15 is 0 Å². The molecule has 30 heavy (non-hydrogen) atoms. The van der Waals surface area contributed by atoms with Crippen LogP contribution in [0.1, 0.15) is 24.1 Å². The molecule has 5 aromatic rings. The van der Waals surface area contributed by atoms with Crippen molar-refractivity contribution in [2.45, 2.75) is 19.8 Å². The first kappa shape index (κ1) is 17.2. The van der Waals surface area contributed by atoms with Gasteiger partial charge in [0.1, 0.15) is 11.2 Å². The molecule has 0 fully saturated rings. The number of aromatic nitrogens is 2. The second-order valence-electron chi connectivity index (χ2n) is 7.84. The SMILES string of the molecule is Cc1ccc2oc3c(-c4nc(C5=CCCC=C5)c5ccccc5n4)cccc3c2c1. The molecule has 0 bridgehead atoms. The number of rotatable bonds is 2. The average molecular weight is 388 g/mol. The second kappa shape index (κ2) is 6.67. The van der Waals surface area contributed by atoms with E-state index in [9.17, 15) is 0 Å². The molecular formula is C27H20N2O. The van der Waals surface area contributed by atoms with E-state index in [4.69, 9.17) is 14.4 Å². The number of allylic oxidation sites excluding steroid dienone is 4. The normalized spacial score (nSPS) is 14.0. The molecule has 2 aromatic heterocycles. The van der Waals surface area contributed by atoms with Crippen molar-refractivity contribution in [1.82, 2.24) is 9.97 Å². The molecule has 0 radical (unpaired) electrons. The highest BCUT2D eigenvalue weighted by Crippen LogP contribution is 2.36. The summed E-state index contributed by atoms with van der Waals surface area (Å²) >= 11 is 0. The molecule has 0 atom stereocenters. The van der Waals surface area contributed by atoms with E-state index in [-0.39, 0.29) is 0 Å². The lowest BCUT2D eigenvalue weighted by Crippen LogP contribution is -1.98. The van der Waals surface area contributed by atoms with Crippen LogP contribution in [-0.4, -0.2) is 9.97 Å². The Morgan fingerprint density at radius 1 is 0.833 bits per heavy atom. The summed E-state index contributed by atoms with van der Waals surface area (Å²) in [5.74, 6) is 0.699. The quantitative estimate of drug-likeness (QED) is 0.320. The summed E-state index contributed by atoms with van der Waals surface area (Å²) in [5, 5.41) is 3.30. The van der Waals surface area contributed by atoms with Crippen molar-refractivity contribution in [3.63, 3.8) is 0 Å². The third-order valence-corrected chi connectivity index (χ3v) is 5.76. The minimum absolute atomic E-state index is 0.699. The molecule has 0 N–H and O–H groups in total. The Morgan fingerprint density at radius 3 is 2.63 bits per heavy atom. The predicted molar refractivity (Wildman–Crippen MR) is 123 cm³/mol. The number of benzene rings is 3. The molecule has 0 amide bonds. The van der Waals surface area contributed by atoms with Crippen LogP contribution >= 0.6 is 0 Å². The second-order valence-corrected chi connectivity index (χ2v) is 7.84. The predicted octanol–water partition coefficient (Wildman–Crippen LogP) is 7.24. The fourth-order valence-corrected chi connectivity index (χ4v) is 4.29. The van der Waals surface area contributed by atoms with Crippen molar-refractivity contribution in [3.8, 4) is 11.4 Å². The maximum atomic E-state index is 6.28. The van der Waals surface area contributed by atoms with Gasteiger partial charge < -0.3 is 4.42 Å². The highest BCUT2D eigenvalue weighted by Gasteiger charge is 2.17. The highest BCUT2D eigenvalue weighted by molar-refractivity contribution is 6.09. The lowest BCUT2D eigenvalue weighted by molar-refractivity contribution is 0.669. The lowest BCUT2D eigenvalue weighted by Gasteiger charge is -2.12. The van der Waals surface area contributed by atoms with E-state index in [2.05, 4.69) is 67.6 Å². The third-order valence-electron chi connectivity index (χ3n) is 5.76. The van der Waals surface area contributed by atoms with Gasteiger partial charge in [-0.3, -0.25) is 0 Å². The molecule has 1 aliphatic rings. The van der Waals surface area contributed by atoms with Gasteiger partial charge in [-0.2, -0.15) is 0 Å². The van der Waals surface area contributed by atoms with Crippen LogP contribution in [0.3, 0.4) is 0 Å². The summed E-state index contributed by atoms with van der Waals surface area (Å²) < 4.78 is 6.28. The van der Waals surface area contributed by atoms with Crippen molar-refractivity contribution in [3.05, 3.63) is 90.1 Å². The Morgan fingerprint density at radius 2 is 1.73 bits per heavy atom. The Balaban J connectivity index is 1.65. The summed E-state index contributed by atoms with van der Waals surface area (Å²) in [6.07, 6.45) is 8.78. The van der Waals surface area contributed by atoms with Gasteiger partial charge in [0, 0.05) is 16.2 Å². The zero-order valence-corrected chi connectivity index (χ0v) is 16.7. The van der Waals surface area contributed by atoms with Crippen LogP contribution in [0.4, 0.5) is 0 Å². The number of para-hydroxylation sites is 2. The summed E-state index contributed by atoms with van der Waals surface area (Å²) in [4.78, 5) is 9.96. The Bertz CT molecular complexity index is 1500. The number of hydrogen-bond acceptors (Lipinski definition) is 3. The molecule has 1 aliphatic carbocycles. The van der Waals surface area contributed by atoms with Crippen LogP contribution in [0.15, 0.2) is 83.3 Å². The first-order valence-electron chi connectivity index (χ1n) is 10.3. The van der Waals surface area contributed by atoms with Gasteiger partial charge in [-0.15, -0.1) is 0 Å².